The minimum Gasteiger partial charge on any atom is -0.464 e. The summed E-state index contributed by atoms with van der Waals surface area (Å²) in [6.45, 7) is 2.19. The van der Waals surface area contributed by atoms with Crippen molar-refractivity contribution >= 4 is 27.6 Å². The molecule has 28 heavy (non-hydrogen) atoms. The van der Waals surface area contributed by atoms with E-state index in [2.05, 4.69) is 10.1 Å². The van der Waals surface area contributed by atoms with E-state index < -0.39 is 22.0 Å². The number of methoxy groups -OCH3 is 1. The average Bonchev–Trinajstić information content (AvgIpc) is 3.30. The van der Waals surface area contributed by atoms with Gasteiger partial charge in [0.15, 0.2) is 0 Å². The van der Waals surface area contributed by atoms with Gasteiger partial charge in [-0.05, 0) is 38.0 Å². The van der Waals surface area contributed by atoms with E-state index >= 15 is 0 Å². The summed E-state index contributed by atoms with van der Waals surface area (Å²) in [7, 11) is -1.13. The van der Waals surface area contributed by atoms with Crippen LogP contribution in [0.3, 0.4) is 0 Å². The van der Waals surface area contributed by atoms with Gasteiger partial charge in [-0.3, -0.25) is 4.79 Å². The Kier molecular flexibility index (Phi) is 5.57. The standard InChI is InChI=1S/C19H23N3O5S/c1-13-6-8-14(9-7-13)20-18(23)16-5-4-10-22(16)28(25,26)15-11-17(19(24)27-3)21(2)12-15/h6-9,11-12,16H,4-5,10H2,1-3H3,(H,20,23)/t16-/m1/s1. The first kappa shape index (κ1) is 20.1. The second-order valence-corrected chi connectivity index (χ2v) is 8.68. The third kappa shape index (κ3) is 3.81. The number of aromatic nitrogens is 1. The van der Waals surface area contributed by atoms with E-state index in [1.807, 2.05) is 19.1 Å². The predicted octanol–water partition coefficient (Wildman–Crippen LogP) is 1.91. The van der Waals surface area contributed by atoms with Crippen molar-refractivity contribution < 1.29 is 22.7 Å². The fourth-order valence-electron chi connectivity index (χ4n) is 3.27. The number of amides is 1. The molecule has 0 saturated carbocycles. The van der Waals surface area contributed by atoms with Gasteiger partial charge >= 0.3 is 5.97 Å². The summed E-state index contributed by atoms with van der Waals surface area (Å²) >= 11 is 0. The quantitative estimate of drug-likeness (QED) is 0.767. The van der Waals surface area contributed by atoms with Gasteiger partial charge in [-0.25, -0.2) is 13.2 Å². The van der Waals surface area contributed by atoms with Crippen LogP contribution in [-0.2, 0) is 26.6 Å². The summed E-state index contributed by atoms with van der Waals surface area (Å²) < 4.78 is 33.5. The lowest BCUT2D eigenvalue weighted by Crippen LogP contribution is -2.43. The normalized spacial score (nSPS) is 17.5. The van der Waals surface area contributed by atoms with Gasteiger partial charge in [0, 0.05) is 25.5 Å². The number of hydrogen-bond donors (Lipinski definition) is 1. The van der Waals surface area contributed by atoms with Crippen molar-refractivity contribution in [3.05, 3.63) is 47.8 Å². The molecule has 0 radical (unpaired) electrons. The summed E-state index contributed by atoms with van der Waals surface area (Å²) in [6.07, 6.45) is 2.38. The molecular formula is C19H23N3O5S. The second-order valence-electron chi connectivity index (χ2n) is 6.79. The first-order valence-electron chi connectivity index (χ1n) is 8.88. The Hall–Kier alpha value is -2.65. The smallest absolute Gasteiger partial charge is 0.354 e. The maximum Gasteiger partial charge on any atom is 0.354 e. The summed E-state index contributed by atoms with van der Waals surface area (Å²) in [5, 5.41) is 2.78. The molecule has 1 fully saturated rings. The van der Waals surface area contributed by atoms with Crippen LogP contribution < -0.4 is 5.32 Å². The van der Waals surface area contributed by atoms with Crippen LogP contribution in [-0.4, -0.2) is 48.9 Å². The molecule has 1 amide bonds. The maximum absolute atomic E-state index is 13.1. The number of carbonyl (C=O) groups excluding carboxylic acids is 2. The first-order chi connectivity index (χ1) is 13.2. The monoisotopic (exact) mass is 405 g/mol. The number of sulfonamides is 1. The van der Waals surface area contributed by atoms with Gasteiger partial charge < -0.3 is 14.6 Å². The molecule has 1 N–H and O–H groups in total. The van der Waals surface area contributed by atoms with E-state index in [-0.39, 0.29) is 23.0 Å². The summed E-state index contributed by atoms with van der Waals surface area (Å²) in [6, 6.07) is 7.78. The van der Waals surface area contributed by atoms with Crippen LogP contribution >= 0.6 is 0 Å². The van der Waals surface area contributed by atoms with Crippen LogP contribution in [0.4, 0.5) is 5.69 Å². The molecule has 1 aromatic heterocycles. The van der Waals surface area contributed by atoms with Crippen molar-refractivity contribution in [2.24, 2.45) is 7.05 Å². The molecule has 2 aromatic rings. The van der Waals surface area contributed by atoms with Crippen LogP contribution in [0.15, 0.2) is 41.4 Å². The van der Waals surface area contributed by atoms with Crippen molar-refractivity contribution in [3.63, 3.8) is 0 Å². The second kappa shape index (κ2) is 7.76. The summed E-state index contributed by atoms with van der Waals surface area (Å²) in [5.74, 6) is -0.993. The van der Waals surface area contributed by atoms with Crippen molar-refractivity contribution in [2.75, 3.05) is 19.0 Å². The highest BCUT2D eigenvalue weighted by atomic mass is 32.2. The fourth-order valence-corrected chi connectivity index (χ4v) is 5.00. The lowest BCUT2D eigenvalue weighted by atomic mass is 10.2. The molecule has 1 saturated heterocycles. The lowest BCUT2D eigenvalue weighted by Gasteiger charge is -2.23. The Balaban J connectivity index is 1.84. The molecule has 0 spiro atoms. The van der Waals surface area contributed by atoms with Crippen LogP contribution in [0.2, 0.25) is 0 Å². The largest absolute Gasteiger partial charge is 0.464 e. The molecule has 0 unspecified atom stereocenters. The number of esters is 1. The Morgan fingerprint density at radius 3 is 2.54 bits per heavy atom. The first-order valence-corrected chi connectivity index (χ1v) is 10.3. The van der Waals surface area contributed by atoms with Gasteiger partial charge in [0.05, 0.1) is 7.11 Å². The molecule has 1 atom stereocenters. The zero-order valence-electron chi connectivity index (χ0n) is 16.0. The SMILES string of the molecule is COC(=O)c1cc(S(=O)(=O)N2CCC[C@@H]2C(=O)Nc2ccc(C)cc2)cn1C. The molecule has 9 heteroatoms. The van der Waals surface area contributed by atoms with Crippen LogP contribution in [0, 0.1) is 6.92 Å². The topological polar surface area (TPSA) is 97.7 Å². The summed E-state index contributed by atoms with van der Waals surface area (Å²) in [5.41, 5.74) is 1.81. The Labute approximate surface area is 164 Å². The molecule has 0 bridgehead atoms. The van der Waals surface area contributed by atoms with Crippen molar-refractivity contribution in [1.29, 1.82) is 0 Å². The zero-order valence-corrected chi connectivity index (χ0v) is 16.8. The average molecular weight is 405 g/mol. The molecular weight excluding hydrogens is 382 g/mol. The highest BCUT2D eigenvalue weighted by Crippen LogP contribution is 2.28. The van der Waals surface area contributed by atoms with Crippen LogP contribution in [0.5, 0.6) is 0 Å². The molecule has 3 rings (SSSR count). The van der Waals surface area contributed by atoms with Gasteiger partial charge in [-0.1, -0.05) is 17.7 Å². The number of carbonyl (C=O) groups is 2. The van der Waals surface area contributed by atoms with Crippen molar-refractivity contribution in [1.82, 2.24) is 8.87 Å². The van der Waals surface area contributed by atoms with Gasteiger partial charge in [-0.15, -0.1) is 0 Å². The Morgan fingerprint density at radius 2 is 1.89 bits per heavy atom. The summed E-state index contributed by atoms with van der Waals surface area (Å²) in [4.78, 5) is 24.5. The number of benzene rings is 1. The Morgan fingerprint density at radius 1 is 1.21 bits per heavy atom. The predicted molar refractivity (Wildman–Crippen MR) is 103 cm³/mol. The molecule has 1 aromatic carbocycles. The van der Waals surface area contributed by atoms with Crippen molar-refractivity contribution in [3.8, 4) is 0 Å². The van der Waals surface area contributed by atoms with E-state index in [1.165, 1.54) is 28.2 Å². The maximum atomic E-state index is 13.1. The molecule has 0 aliphatic carbocycles. The van der Waals surface area contributed by atoms with E-state index in [1.54, 1.807) is 19.2 Å². The molecule has 1 aliphatic rings. The van der Waals surface area contributed by atoms with E-state index in [0.717, 1.165) is 5.56 Å². The highest BCUT2D eigenvalue weighted by molar-refractivity contribution is 7.89. The van der Waals surface area contributed by atoms with Gasteiger partial charge in [0.25, 0.3) is 0 Å². The number of ether oxygens (including phenoxy) is 1. The molecule has 8 nitrogen and oxygen atoms in total. The zero-order chi connectivity index (χ0) is 20.5. The van der Waals surface area contributed by atoms with Crippen LogP contribution in [0.25, 0.3) is 0 Å². The number of hydrogen-bond acceptors (Lipinski definition) is 5. The molecule has 150 valence electrons. The van der Waals surface area contributed by atoms with Crippen LogP contribution in [0.1, 0.15) is 28.9 Å². The van der Waals surface area contributed by atoms with E-state index in [0.29, 0.717) is 18.5 Å². The minimum absolute atomic E-state index is 0.0366. The third-order valence-electron chi connectivity index (χ3n) is 4.81. The van der Waals surface area contributed by atoms with E-state index in [4.69, 9.17) is 0 Å². The molecule has 2 heterocycles. The van der Waals surface area contributed by atoms with E-state index in [9.17, 15) is 18.0 Å². The van der Waals surface area contributed by atoms with Gasteiger partial charge in [0.1, 0.15) is 16.6 Å². The lowest BCUT2D eigenvalue weighted by molar-refractivity contribution is -0.119. The number of aryl methyl sites for hydroxylation is 2. The number of nitrogens with one attached hydrogen (secondary N) is 1. The fraction of sp³-hybridized carbons (Fsp3) is 0.368. The third-order valence-corrected chi connectivity index (χ3v) is 6.68. The molecule has 1 aliphatic heterocycles. The van der Waals surface area contributed by atoms with Gasteiger partial charge in [0.2, 0.25) is 15.9 Å². The highest BCUT2D eigenvalue weighted by Gasteiger charge is 2.40. The number of rotatable bonds is 5. The minimum atomic E-state index is -3.93. The Bertz CT molecular complexity index is 995. The number of anilines is 1. The number of nitrogens with zero attached hydrogens (tertiary/aromatic N) is 2. The van der Waals surface area contributed by atoms with Gasteiger partial charge in [-0.2, -0.15) is 4.31 Å². The van der Waals surface area contributed by atoms with Crippen molar-refractivity contribution in [2.45, 2.75) is 30.7 Å².